The quantitative estimate of drug-likeness (QED) is 0.332. The number of ether oxygens (including phenoxy) is 1. The topological polar surface area (TPSA) is 58.6 Å². The molecule has 35 heavy (non-hydrogen) atoms. The van der Waals surface area contributed by atoms with Crippen LogP contribution < -0.4 is 10.1 Å². The Kier molecular flexibility index (Phi) is 10.2. The molecule has 1 atom stereocenters. The Bertz CT molecular complexity index is 1060. The zero-order chi connectivity index (χ0) is 25.0. The third kappa shape index (κ3) is 8.76. The first-order valence-corrected chi connectivity index (χ1v) is 12.4. The summed E-state index contributed by atoms with van der Waals surface area (Å²) in [6.07, 6.45) is 1.26. The molecule has 1 unspecified atom stereocenters. The molecule has 0 fully saturated rings. The molecule has 0 radical (unpaired) electrons. The zero-order valence-electron chi connectivity index (χ0n) is 20.3. The molecule has 3 rings (SSSR count). The predicted octanol–water partition coefficient (Wildman–Crippen LogP) is 5.66. The highest BCUT2D eigenvalue weighted by Crippen LogP contribution is 2.18. The Balaban J connectivity index is 1.78. The van der Waals surface area contributed by atoms with Crippen LogP contribution in [0.5, 0.6) is 5.75 Å². The standard InChI is InChI=1S/C29H33ClN2O3/c1-22(2)31-29(34)27(20-23-10-5-3-6-11-23)32(21-24-15-17-25(30)18-16-24)28(33)14-9-19-35-26-12-7-4-8-13-26/h3-8,10-13,15-18,22,27H,9,14,19-21H2,1-2H3,(H,31,34). The maximum atomic E-state index is 13.5. The highest BCUT2D eigenvalue weighted by atomic mass is 35.5. The number of rotatable bonds is 12. The van der Waals surface area contributed by atoms with E-state index in [-0.39, 0.29) is 24.3 Å². The average Bonchev–Trinajstić information content (AvgIpc) is 2.86. The van der Waals surface area contributed by atoms with Gasteiger partial charge in [-0.25, -0.2) is 0 Å². The second-order valence-electron chi connectivity index (χ2n) is 8.78. The molecule has 3 aromatic rings. The summed E-state index contributed by atoms with van der Waals surface area (Å²) in [5.41, 5.74) is 1.91. The number of carbonyl (C=O) groups excluding carboxylic acids is 2. The number of nitrogens with one attached hydrogen (secondary N) is 1. The van der Waals surface area contributed by atoms with Crippen molar-refractivity contribution in [1.29, 1.82) is 0 Å². The van der Waals surface area contributed by atoms with Gasteiger partial charge in [-0.15, -0.1) is 0 Å². The van der Waals surface area contributed by atoms with Crippen molar-refractivity contribution in [2.75, 3.05) is 6.61 Å². The fourth-order valence-corrected chi connectivity index (χ4v) is 3.92. The van der Waals surface area contributed by atoms with E-state index in [0.717, 1.165) is 16.9 Å². The molecular formula is C29H33ClN2O3. The molecule has 0 aliphatic carbocycles. The number of amides is 2. The van der Waals surface area contributed by atoms with E-state index in [1.807, 2.05) is 86.6 Å². The van der Waals surface area contributed by atoms with Gasteiger partial charge in [0.15, 0.2) is 0 Å². The summed E-state index contributed by atoms with van der Waals surface area (Å²) in [5.74, 6) is 0.527. The zero-order valence-corrected chi connectivity index (χ0v) is 21.1. The second-order valence-corrected chi connectivity index (χ2v) is 9.22. The van der Waals surface area contributed by atoms with Crippen molar-refractivity contribution in [1.82, 2.24) is 10.2 Å². The molecule has 0 heterocycles. The third-order valence-electron chi connectivity index (χ3n) is 5.52. The summed E-state index contributed by atoms with van der Waals surface area (Å²) < 4.78 is 5.76. The summed E-state index contributed by atoms with van der Waals surface area (Å²) >= 11 is 6.06. The van der Waals surface area contributed by atoms with Crippen LogP contribution in [0, 0.1) is 0 Å². The van der Waals surface area contributed by atoms with Gasteiger partial charge in [-0.05, 0) is 55.7 Å². The fourth-order valence-electron chi connectivity index (χ4n) is 3.79. The van der Waals surface area contributed by atoms with Gasteiger partial charge in [-0.2, -0.15) is 0 Å². The lowest BCUT2D eigenvalue weighted by atomic mass is 10.0. The molecule has 0 spiro atoms. The van der Waals surface area contributed by atoms with Gasteiger partial charge in [0.25, 0.3) is 0 Å². The average molecular weight is 493 g/mol. The van der Waals surface area contributed by atoms with E-state index < -0.39 is 6.04 Å². The Hall–Kier alpha value is -3.31. The maximum Gasteiger partial charge on any atom is 0.243 e. The van der Waals surface area contributed by atoms with Crippen LogP contribution in [0.1, 0.15) is 37.8 Å². The van der Waals surface area contributed by atoms with Crippen molar-refractivity contribution >= 4 is 23.4 Å². The molecular weight excluding hydrogens is 460 g/mol. The van der Waals surface area contributed by atoms with Crippen molar-refractivity contribution in [2.24, 2.45) is 0 Å². The first-order chi connectivity index (χ1) is 16.9. The second kappa shape index (κ2) is 13.5. The molecule has 0 aliphatic heterocycles. The maximum absolute atomic E-state index is 13.5. The van der Waals surface area contributed by atoms with Crippen LogP contribution in [-0.2, 0) is 22.6 Å². The van der Waals surface area contributed by atoms with Gasteiger partial charge in [-0.3, -0.25) is 9.59 Å². The summed E-state index contributed by atoms with van der Waals surface area (Å²) in [6.45, 7) is 4.58. The third-order valence-corrected chi connectivity index (χ3v) is 5.77. The minimum Gasteiger partial charge on any atom is -0.494 e. The lowest BCUT2D eigenvalue weighted by Gasteiger charge is -2.32. The van der Waals surface area contributed by atoms with Crippen LogP contribution in [0.25, 0.3) is 0 Å². The van der Waals surface area contributed by atoms with Gasteiger partial charge in [0.05, 0.1) is 6.61 Å². The number of nitrogens with zero attached hydrogens (tertiary/aromatic N) is 1. The highest BCUT2D eigenvalue weighted by molar-refractivity contribution is 6.30. The highest BCUT2D eigenvalue weighted by Gasteiger charge is 2.30. The van der Waals surface area contributed by atoms with Gasteiger partial charge in [0, 0.05) is 30.5 Å². The Labute approximate surface area is 213 Å². The molecule has 3 aromatic carbocycles. The van der Waals surface area contributed by atoms with Gasteiger partial charge < -0.3 is 15.0 Å². The molecule has 0 aliphatic rings. The summed E-state index contributed by atoms with van der Waals surface area (Å²) in [5, 5.41) is 3.63. The smallest absolute Gasteiger partial charge is 0.243 e. The normalized spacial score (nSPS) is 11.7. The van der Waals surface area contributed by atoms with E-state index in [2.05, 4.69) is 5.32 Å². The van der Waals surface area contributed by atoms with E-state index in [1.54, 1.807) is 17.0 Å². The number of carbonyl (C=O) groups is 2. The van der Waals surface area contributed by atoms with Gasteiger partial charge in [0.2, 0.25) is 11.8 Å². The van der Waals surface area contributed by atoms with Crippen molar-refractivity contribution in [3.63, 3.8) is 0 Å². The molecule has 1 N–H and O–H groups in total. The Morgan fingerprint density at radius 2 is 1.51 bits per heavy atom. The van der Waals surface area contributed by atoms with E-state index in [1.165, 1.54) is 0 Å². The van der Waals surface area contributed by atoms with Crippen LogP contribution in [0.3, 0.4) is 0 Å². The van der Waals surface area contributed by atoms with Crippen molar-refractivity contribution in [2.45, 2.75) is 51.7 Å². The largest absolute Gasteiger partial charge is 0.494 e. The molecule has 0 bridgehead atoms. The Morgan fingerprint density at radius 3 is 2.14 bits per heavy atom. The van der Waals surface area contributed by atoms with E-state index >= 15 is 0 Å². The van der Waals surface area contributed by atoms with Crippen LogP contribution >= 0.6 is 11.6 Å². The van der Waals surface area contributed by atoms with Gasteiger partial charge in [-0.1, -0.05) is 72.3 Å². The first kappa shape index (κ1) is 26.3. The lowest BCUT2D eigenvalue weighted by Crippen LogP contribution is -2.51. The molecule has 0 saturated carbocycles. The molecule has 0 saturated heterocycles. The van der Waals surface area contributed by atoms with Crippen molar-refractivity contribution in [3.8, 4) is 5.75 Å². The number of halogens is 1. The fraction of sp³-hybridized carbons (Fsp3) is 0.310. The van der Waals surface area contributed by atoms with Gasteiger partial charge in [0.1, 0.15) is 11.8 Å². The SMILES string of the molecule is CC(C)NC(=O)C(Cc1ccccc1)N(Cc1ccc(Cl)cc1)C(=O)CCCOc1ccccc1. The van der Waals surface area contributed by atoms with Gasteiger partial charge >= 0.3 is 0 Å². The van der Waals surface area contributed by atoms with E-state index in [9.17, 15) is 9.59 Å². The number of hydrogen-bond acceptors (Lipinski definition) is 3. The number of hydrogen-bond donors (Lipinski definition) is 1. The minimum atomic E-state index is -0.641. The Morgan fingerprint density at radius 1 is 0.886 bits per heavy atom. The molecule has 5 nitrogen and oxygen atoms in total. The predicted molar refractivity (Wildman–Crippen MR) is 140 cm³/mol. The molecule has 184 valence electrons. The summed E-state index contributed by atoms with van der Waals surface area (Å²) in [4.78, 5) is 28.5. The van der Waals surface area contributed by atoms with Crippen LogP contribution in [0.15, 0.2) is 84.9 Å². The van der Waals surface area contributed by atoms with Crippen LogP contribution in [0.2, 0.25) is 5.02 Å². The van der Waals surface area contributed by atoms with Crippen molar-refractivity contribution < 1.29 is 14.3 Å². The molecule has 2 amide bonds. The number of benzene rings is 3. The van der Waals surface area contributed by atoms with Crippen LogP contribution in [0.4, 0.5) is 0 Å². The molecule has 0 aromatic heterocycles. The first-order valence-electron chi connectivity index (χ1n) is 12.0. The monoisotopic (exact) mass is 492 g/mol. The number of para-hydroxylation sites is 1. The lowest BCUT2D eigenvalue weighted by molar-refractivity contribution is -0.141. The summed E-state index contributed by atoms with van der Waals surface area (Å²) in [6, 6.07) is 26.0. The summed E-state index contributed by atoms with van der Waals surface area (Å²) in [7, 11) is 0. The van der Waals surface area contributed by atoms with E-state index in [0.29, 0.717) is 31.0 Å². The molecule has 6 heteroatoms. The van der Waals surface area contributed by atoms with Crippen LogP contribution in [-0.4, -0.2) is 35.4 Å². The minimum absolute atomic E-state index is 0.0347. The van der Waals surface area contributed by atoms with Crippen molar-refractivity contribution in [3.05, 3.63) is 101 Å². The van der Waals surface area contributed by atoms with E-state index in [4.69, 9.17) is 16.3 Å².